The second-order valence-electron chi connectivity index (χ2n) is 6.23. The molecule has 0 bridgehead atoms. The third-order valence-electron chi connectivity index (χ3n) is 4.53. The summed E-state index contributed by atoms with van der Waals surface area (Å²) in [6.07, 6.45) is 2.63. The quantitative estimate of drug-likeness (QED) is 0.904. The zero-order valence-electron chi connectivity index (χ0n) is 12.4. The van der Waals surface area contributed by atoms with Crippen LogP contribution in [0.15, 0.2) is 60.7 Å². The zero-order chi connectivity index (χ0) is 14.7. The maximum Gasteiger partial charge on any atom is 0.221 e. The average Bonchev–Trinajstić information content (AvgIpc) is 2.83. The van der Waals surface area contributed by atoms with E-state index in [1.807, 2.05) is 24.3 Å². The summed E-state index contributed by atoms with van der Waals surface area (Å²) in [5.74, 6) is 0.166. The van der Waals surface area contributed by atoms with Gasteiger partial charge < -0.3 is 5.32 Å². The Morgan fingerprint density at radius 3 is 2.33 bits per heavy atom. The van der Waals surface area contributed by atoms with Crippen LogP contribution < -0.4 is 5.32 Å². The normalized spacial score (nSPS) is 24.8. The smallest absolute Gasteiger partial charge is 0.221 e. The lowest BCUT2D eigenvalue weighted by atomic mass is 9.75. The lowest BCUT2D eigenvalue weighted by molar-refractivity contribution is -0.119. The van der Waals surface area contributed by atoms with E-state index in [1.54, 1.807) is 0 Å². The Labute approximate surface area is 126 Å². The Morgan fingerprint density at radius 1 is 1.05 bits per heavy atom. The van der Waals surface area contributed by atoms with Crippen LogP contribution in [0, 0.1) is 5.41 Å². The molecule has 1 saturated heterocycles. The van der Waals surface area contributed by atoms with E-state index in [9.17, 15) is 4.79 Å². The van der Waals surface area contributed by atoms with Crippen molar-refractivity contribution in [2.24, 2.45) is 5.41 Å². The van der Waals surface area contributed by atoms with Gasteiger partial charge >= 0.3 is 0 Å². The number of rotatable bonds is 4. The van der Waals surface area contributed by atoms with Crippen molar-refractivity contribution < 1.29 is 4.79 Å². The third-order valence-corrected chi connectivity index (χ3v) is 4.53. The molecule has 1 fully saturated rings. The number of hydrogen-bond donors (Lipinski definition) is 1. The van der Waals surface area contributed by atoms with Crippen LogP contribution in [0.25, 0.3) is 0 Å². The standard InChI is InChI=1S/C19H21NO/c1-19(13-12-15-8-4-2-5-9-15)14-17(21)20-18(19)16-10-6-3-7-11-16/h2-11,18H,12-14H2,1H3,(H,20,21). The molecule has 2 heteroatoms. The van der Waals surface area contributed by atoms with Crippen molar-refractivity contribution in [1.82, 2.24) is 5.32 Å². The molecule has 1 aliphatic heterocycles. The van der Waals surface area contributed by atoms with Gasteiger partial charge in [0.1, 0.15) is 0 Å². The summed E-state index contributed by atoms with van der Waals surface area (Å²) in [7, 11) is 0. The topological polar surface area (TPSA) is 29.1 Å². The maximum absolute atomic E-state index is 11.9. The van der Waals surface area contributed by atoms with Crippen LogP contribution in [-0.2, 0) is 11.2 Å². The lowest BCUT2D eigenvalue weighted by Crippen LogP contribution is -2.27. The Kier molecular flexibility index (Phi) is 3.78. The number of amides is 1. The molecule has 21 heavy (non-hydrogen) atoms. The van der Waals surface area contributed by atoms with E-state index in [0.29, 0.717) is 6.42 Å². The second kappa shape index (κ2) is 5.72. The molecule has 108 valence electrons. The average molecular weight is 279 g/mol. The van der Waals surface area contributed by atoms with Crippen LogP contribution in [0.1, 0.15) is 36.9 Å². The van der Waals surface area contributed by atoms with Gasteiger partial charge in [0, 0.05) is 11.8 Å². The van der Waals surface area contributed by atoms with E-state index in [-0.39, 0.29) is 17.4 Å². The van der Waals surface area contributed by atoms with Crippen LogP contribution in [-0.4, -0.2) is 5.91 Å². The van der Waals surface area contributed by atoms with Gasteiger partial charge in [-0.3, -0.25) is 4.79 Å². The Bertz CT molecular complexity index is 608. The molecule has 2 nitrogen and oxygen atoms in total. The van der Waals surface area contributed by atoms with E-state index in [2.05, 4.69) is 48.6 Å². The molecular weight excluding hydrogens is 258 g/mol. The number of benzene rings is 2. The minimum absolute atomic E-state index is 0.0196. The van der Waals surface area contributed by atoms with Gasteiger partial charge in [-0.1, -0.05) is 67.6 Å². The highest BCUT2D eigenvalue weighted by atomic mass is 16.2. The summed E-state index contributed by atoms with van der Waals surface area (Å²) in [5.41, 5.74) is 2.53. The molecule has 1 amide bonds. The first kappa shape index (κ1) is 13.9. The fourth-order valence-corrected chi connectivity index (χ4v) is 3.29. The van der Waals surface area contributed by atoms with E-state index in [1.165, 1.54) is 11.1 Å². The van der Waals surface area contributed by atoms with Crippen LogP contribution in [0.2, 0.25) is 0 Å². The van der Waals surface area contributed by atoms with Crippen molar-refractivity contribution in [3.05, 3.63) is 71.8 Å². The fourth-order valence-electron chi connectivity index (χ4n) is 3.29. The van der Waals surface area contributed by atoms with Crippen molar-refractivity contribution in [3.63, 3.8) is 0 Å². The molecule has 1 aliphatic rings. The molecule has 2 atom stereocenters. The van der Waals surface area contributed by atoms with Gasteiger partial charge in [-0.2, -0.15) is 0 Å². The van der Waals surface area contributed by atoms with Gasteiger partial charge in [0.05, 0.1) is 6.04 Å². The minimum atomic E-state index is -0.0196. The molecule has 0 saturated carbocycles. The molecule has 3 rings (SSSR count). The summed E-state index contributed by atoms with van der Waals surface area (Å²) < 4.78 is 0. The van der Waals surface area contributed by atoms with E-state index in [0.717, 1.165) is 12.8 Å². The van der Waals surface area contributed by atoms with Crippen LogP contribution in [0.5, 0.6) is 0 Å². The summed E-state index contributed by atoms with van der Waals surface area (Å²) in [6.45, 7) is 2.23. The Balaban J connectivity index is 1.79. The van der Waals surface area contributed by atoms with Gasteiger partial charge in [0.25, 0.3) is 0 Å². The lowest BCUT2D eigenvalue weighted by Gasteiger charge is -2.30. The van der Waals surface area contributed by atoms with Gasteiger partial charge in [-0.15, -0.1) is 0 Å². The monoisotopic (exact) mass is 279 g/mol. The Hall–Kier alpha value is -2.09. The minimum Gasteiger partial charge on any atom is -0.349 e. The second-order valence-corrected chi connectivity index (χ2v) is 6.23. The SMILES string of the molecule is CC1(CCc2ccccc2)CC(=O)NC1c1ccccc1. The molecule has 0 spiro atoms. The number of carbonyl (C=O) groups excluding carboxylic acids is 1. The number of nitrogens with one attached hydrogen (secondary N) is 1. The van der Waals surface area contributed by atoms with Crippen molar-refractivity contribution >= 4 is 5.91 Å². The summed E-state index contributed by atoms with van der Waals surface area (Å²) in [6, 6.07) is 20.9. The van der Waals surface area contributed by atoms with E-state index >= 15 is 0 Å². The molecular formula is C19H21NO. The highest BCUT2D eigenvalue weighted by molar-refractivity contribution is 5.80. The third kappa shape index (κ3) is 2.99. The number of aryl methyl sites for hydroxylation is 1. The zero-order valence-corrected chi connectivity index (χ0v) is 12.4. The van der Waals surface area contributed by atoms with Crippen LogP contribution in [0.4, 0.5) is 0 Å². The van der Waals surface area contributed by atoms with Crippen molar-refractivity contribution in [1.29, 1.82) is 0 Å². The number of carbonyl (C=O) groups is 1. The first-order chi connectivity index (χ1) is 10.2. The molecule has 2 unspecified atom stereocenters. The van der Waals surface area contributed by atoms with Gasteiger partial charge in [0.15, 0.2) is 0 Å². The summed E-state index contributed by atoms with van der Waals surface area (Å²) >= 11 is 0. The van der Waals surface area contributed by atoms with E-state index in [4.69, 9.17) is 0 Å². The summed E-state index contributed by atoms with van der Waals surface area (Å²) in [4.78, 5) is 11.9. The molecule has 0 aliphatic carbocycles. The maximum atomic E-state index is 11.9. The van der Waals surface area contributed by atoms with Gasteiger partial charge in [0.2, 0.25) is 5.91 Å². The first-order valence-electron chi connectivity index (χ1n) is 7.56. The van der Waals surface area contributed by atoms with Crippen molar-refractivity contribution in [2.75, 3.05) is 0 Å². The van der Waals surface area contributed by atoms with Gasteiger partial charge in [-0.25, -0.2) is 0 Å². The van der Waals surface area contributed by atoms with Crippen LogP contribution in [0.3, 0.4) is 0 Å². The fraction of sp³-hybridized carbons (Fsp3) is 0.316. The van der Waals surface area contributed by atoms with Crippen molar-refractivity contribution in [2.45, 2.75) is 32.2 Å². The largest absolute Gasteiger partial charge is 0.349 e. The predicted molar refractivity (Wildman–Crippen MR) is 84.8 cm³/mol. The van der Waals surface area contributed by atoms with E-state index < -0.39 is 0 Å². The Morgan fingerprint density at radius 2 is 1.67 bits per heavy atom. The highest BCUT2D eigenvalue weighted by Gasteiger charge is 2.43. The number of hydrogen-bond acceptors (Lipinski definition) is 1. The predicted octanol–water partition coefficient (Wildman–Crippen LogP) is 3.89. The van der Waals surface area contributed by atoms with Crippen molar-refractivity contribution in [3.8, 4) is 0 Å². The summed E-state index contributed by atoms with van der Waals surface area (Å²) in [5, 5.41) is 3.16. The van der Waals surface area contributed by atoms with Crippen LogP contribution >= 0.6 is 0 Å². The molecule has 1 N–H and O–H groups in total. The van der Waals surface area contributed by atoms with Gasteiger partial charge in [-0.05, 0) is 24.0 Å². The molecule has 2 aromatic rings. The molecule has 0 aromatic heterocycles. The molecule has 0 radical (unpaired) electrons. The highest BCUT2D eigenvalue weighted by Crippen LogP contribution is 2.44. The molecule has 2 aromatic carbocycles. The molecule has 1 heterocycles. The first-order valence-corrected chi connectivity index (χ1v) is 7.56.